The summed E-state index contributed by atoms with van der Waals surface area (Å²) in [5, 5.41) is 8.68. The fourth-order valence-corrected chi connectivity index (χ4v) is 0.696. The molecule has 12 heavy (non-hydrogen) atoms. The summed E-state index contributed by atoms with van der Waals surface area (Å²) < 4.78 is 0. The Kier molecular flexibility index (Phi) is 7.31. The average molecular weight is 198 g/mol. The Morgan fingerprint density at radius 2 is 2.17 bits per heavy atom. The van der Waals surface area contributed by atoms with Crippen LogP contribution >= 0.6 is 12.4 Å². The molecule has 0 saturated heterocycles. The van der Waals surface area contributed by atoms with Gasteiger partial charge in [0.05, 0.1) is 0 Å². The van der Waals surface area contributed by atoms with E-state index in [1.54, 1.807) is 0 Å². The number of carboxylic acids is 1. The summed E-state index contributed by atoms with van der Waals surface area (Å²) in [7, 11) is 0. The summed E-state index contributed by atoms with van der Waals surface area (Å²) in [6, 6.07) is 0. The highest BCUT2D eigenvalue weighted by Gasteiger charge is 2.30. The van der Waals surface area contributed by atoms with Crippen LogP contribution in [0.15, 0.2) is 0 Å². The van der Waals surface area contributed by atoms with E-state index in [9.17, 15) is 4.79 Å². The van der Waals surface area contributed by atoms with Crippen LogP contribution in [-0.4, -0.2) is 23.2 Å². The van der Waals surface area contributed by atoms with E-state index in [2.05, 4.69) is 5.43 Å². The third-order valence-corrected chi connectivity index (χ3v) is 1.67. The minimum absolute atomic E-state index is 0. The van der Waals surface area contributed by atoms with E-state index in [0.717, 1.165) is 0 Å². The summed E-state index contributed by atoms with van der Waals surface area (Å²) >= 11 is 0. The van der Waals surface area contributed by atoms with Crippen LogP contribution in [-0.2, 0) is 4.79 Å². The standard InChI is InChI=1S/C6H15N3O2.ClH/c1-6(9-8,5(10)11)3-2-4-7;/h9H,2-4,7-8H2,1H3,(H,10,11);1H. The first kappa shape index (κ1) is 14.2. The number of carbonyl (C=O) groups is 1. The topological polar surface area (TPSA) is 101 Å². The molecule has 0 saturated carbocycles. The van der Waals surface area contributed by atoms with Crippen molar-refractivity contribution in [1.29, 1.82) is 0 Å². The van der Waals surface area contributed by atoms with Crippen molar-refractivity contribution in [3.05, 3.63) is 0 Å². The van der Waals surface area contributed by atoms with Gasteiger partial charge in [-0.2, -0.15) is 0 Å². The molecule has 6 N–H and O–H groups in total. The Morgan fingerprint density at radius 3 is 2.42 bits per heavy atom. The normalized spacial score (nSPS) is 14.6. The Labute approximate surface area is 77.9 Å². The van der Waals surface area contributed by atoms with Gasteiger partial charge in [-0.3, -0.25) is 10.6 Å². The zero-order valence-electron chi connectivity index (χ0n) is 7.04. The molecule has 0 aliphatic rings. The molecule has 6 heteroatoms. The summed E-state index contributed by atoms with van der Waals surface area (Å²) in [4.78, 5) is 10.6. The highest BCUT2D eigenvalue weighted by molar-refractivity contribution is 5.85. The molecule has 0 radical (unpaired) electrons. The lowest BCUT2D eigenvalue weighted by Crippen LogP contribution is -2.53. The van der Waals surface area contributed by atoms with Gasteiger partial charge in [0.15, 0.2) is 0 Å². The summed E-state index contributed by atoms with van der Waals surface area (Å²) in [6.45, 7) is 2.01. The second-order valence-corrected chi connectivity index (χ2v) is 2.67. The second kappa shape index (κ2) is 6.19. The SMILES string of the molecule is CC(CCCN)(NN)C(=O)O.Cl. The first-order chi connectivity index (χ1) is 5.06. The number of halogens is 1. The number of rotatable bonds is 5. The summed E-state index contributed by atoms with van der Waals surface area (Å²) in [5.74, 6) is 4.13. The van der Waals surface area contributed by atoms with Crippen LogP contribution in [0.5, 0.6) is 0 Å². The fourth-order valence-electron chi connectivity index (χ4n) is 0.696. The number of hydrogen-bond donors (Lipinski definition) is 4. The van der Waals surface area contributed by atoms with E-state index in [1.807, 2.05) is 0 Å². The summed E-state index contributed by atoms with van der Waals surface area (Å²) in [6.07, 6.45) is 1.09. The third kappa shape index (κ3) is 3.87. The van der Waals surface area contributed by atoms with E-state index < -0.39 is 11.5 Å². The molecule has 74 valence electrons. The molecule has 0 aliphatic carbocycles. The Bertz CT molecular complexity index is 145. The van der Waals surface area contributed by atoms with Crippen molar-refractivity contribution < 1.29 is 9.90 Å². The quantitative estimate of drug-likeness (QED) is 0.350. The van der Waals surface area contributed by atoms with Crippen LogP contribution in [0, 0.1) is 0 Å². The number of hydrogen-bond acceptors (Lipinski definition) is 4. The number of nitrogens with one attached hydrogen (secondary N) is 1. The van der Waals surface area contributed by atoms with E-state index in [4.69, 9.17) is 16.7 Å². The van der Waals surface area contributed by atoms with Gasteiger partial charge < -0.3 is 10.8 Å². The van der Waals surface area contributed by atoms with Gasteiger partial charge >= 0.3 is 5.97 Å². The third-order valence-electron chi connectivity index (χ3n) is 1.67. The molecule has 1 unspecified atom stereocenters. The first-order valence-corrected chi connectivity index (χ1v) is 3.48. The van der Waals surface area contributed by atoms with Crippen LogP contribution in [0.4, 0.5) is 0 Å². The molecular weight excluding hydrogens is 182 g/mol. The lowest BCUT2D eigenvalue weighted by molar-refractivity contribution is -0.144. The maximum atomic E-state index is 10.6. The Morgan fingerprint density at radius 1 is 1.67 bits per heavy atom. The van der Waals surface area contributed by atoms with Crippen molar-refractivity contribution >= 4 is 18.4 Å². The molecule has 0 aliphatic heterocycles. The lowest BCUT2D eigenvalue weighted by Gasteiger charge is -2.22. The molecule has 0 rings (SSSR count). The molecule has 0 bridgehead atoms. The maximum absolute atomic E-state index is 10.6. The largest absolute Gasteiger partial charge is 0.480 e. The van der Waals surface area contributed by atoms with E-state index in [0.29, 0.717) is 19.4 Å². The molecule has 0 aromatic rings. The van der Waals surface area contributed by atoms with Crippen molar-refractivity contribution in [3.63, 3.8) is 0 Å². The smallest absolute Gasteiger partial charge is 0.324 e. The van der Waals surface area contributed by atoms with E-state index >= 15 is 0 Å². The molecule has 0 amide bonds. The van der Waals surface area contributed by atoms with Gasteiger partial charge in [-0.1, -0.05) is 0 Å². The van der Waals surface area contributed by atoms with Gasteiger partial charge in [0.2, 0.25) is 0 Å². The molecule has 1 atom stereocenters. The van der Waals surface area contributed by atoms with Gasteiger partial charge in [-0.15, -0.1) is 12.4 Å². The second-order valence-electron chi connectivity index (χ2n) is 2.67. The van der Waals surface area contributed by atoms with Crippen molar-refractivity contribution in [2.24, 2.45) is 11.6 Å². The highest BCUT2D eigenvalue weighted by atomic mass is 35.5. The minimum Gasteiger partial charge on any atom is -0.480 e. The van der Waals surface area contributed by atoms with Crippen LogP contribution in [0.2, 0.25) is 0 Å². The van der Waals surface area contributed by atoms with Crippen LogP contribution in [0.3, 0.4) is 0 Å². The monoisotopic (exact) mass is 197 g/mol. The maximum Gasteiger partial charge on any atom is 0.324 e. The van der Waals surface area contributed by atoms with E-state index in [-0.39, 0.29) is 12.4 Å². The number of nitrogens with two attached hydrogens (primary N) is 2. The van der Waals surface area contributed by atoms with Gasteiger partial charge in [0.1, 0.15) is 5.54 Å². The van der Waals surface area contributed by atoms with Crippen LogP contribution in [0.25, 0.3) is 0 Å². The van der Waals surface area contributed by atoms with Gasteiger partial charge in [0, 0.05) is 0 Å². The van der Waals surface area contributed by atoms with Gasteiger partial charge in [-0.25, -0.2) is 5.43 Å². The predicted octanol–water partition coefficient (Wildman–Crippen LogP) is -0.546. The molecule has 0 aromatic carbocycles. The first-order valence-electron chi connectivity index (χ1n) is 3.48. The molecule has 0 heterocycles. The zero-order valence-corrected chi connectivity index (χ0v) is 7.86. The minimum atomic E-state index is -1.04. The van der Waals surface area contributed by atoms with Crippen molar-refractivity contribution in [2.75, 3.05) is 6.54 Å². The molecule has 0 aromatic heterocycles. The van der Waals surface area contributed by atoms with Crippen molar-refractivity contribution in [3.8, 4) is 0 Å². The van der Waals surface area contributed by atoms with Crippen LogP contribution < -0.4 is 17.0 Å². The van der Waals surface area contributed by atoms with Crippen LogP contribution in [0.1, 0.15) is 19.8 Å². The number of aliphatic carboxylic acids is 1. The lowest BCUT2D eigenvalue weighted by atomic mass is 9.97. The average Bonchev–Trinajstić information content (AvgIpc) is 2.00. The zero-order chi connectivity index (χ0) is 8.91. The fraction of sp³-hybridized carbons (Fsp3) is 0.833. The van der Waals surface area contributed by atoms with E-state index in [1.165, 1.54) is 6.92 Å². The summed E-state index contributed by atoms with van der Waals surface area (Å²) in [5.41, 5.74) is 6.44. The Hall–Kier alpha value is -0.360. The molecule has 5 nitrogen and oxygen atoms in total. The van der Waals surface area contributed by atoms with Gasteiger partial charge in [-0.05, 0) is 26.3 Å². The van der Waals surface area contributed by atoms with Crippen molar-refractivity contribution in [2.45, 2.75) is 25.3 Å². The number of hydrazine groups is 1. The molecule has 0 spiro atoms. The highest BCUT2D eigenvalue weighted by Crippen LogP contribution is 2.10. The van der Waals surface area contributed by atoms with Gasteiger partial charge in [0.25, 0.3) is 0 Å². The number of carboxylic acid groups (broad SMARTS) is 1. The van der Waals surface area contributed by atoms with Crippen molar-refractivity contribution in [1.82, 2.24) is 5.43 Å². The predicted molar refractivity (Wildman–Crippen MR) is 48.9 cm³/mol. The molecule has 0 fully saturated rings. The Balaban J connectivity index is 0. The molecular formula is C6H16ClN3O2.